The Balaban J connectivity index is 2.85. The highest BCUT2D eigenvalue weighted by atomic mass is 16.2. The molecule has 1 unspecified atom stereocenters. The van der Waals surface area contributed by atoms with Crippen LogP contribution < -0.4 is 5.32 Å². The lowest BCUT2D eigenvalue weighted by atomic mass is 10.2. The van der Waals surface area contributed by atoms with Gasteiger partial charge in [-0.2, -0.15) is 5.26 Å². The van der Waals surface area contributed by atoms with Crippen molar-refractivity contribution in [2.45, 2.75) is 19.4 Å². The summed E-state index contributed by atoms with van der Waals surface area (Å²) in [5.74, 6) is -0.176. The van der Waals surface area contributed by atoms with Gasteiger partial charge in [-0.3, -0.25) is 9.78 Å². The number of hydrogen-bond donors (Lipinski definition) is 1. The number of nitrogens with one attached hydrogen (secondary N) is 1. The topological polar surface area (TPSA) is 69.0 Å². The highest BCUT2D eigenvalue weighted by Gasteiger charge is 2.18. The maximum Gasteiger partial charge on any atom is 0.272 e. The van der Waals surface area contributed by atoms with Gasteiger partial charge >= 0.3 is 0 Å². The molecule has 0 aromatic carbocycles. The fourth-order valence-electron chi connectivity index (χ4n) is 1.35. The lowest BCUT2D eigenvalue weighted by molar-refractivity contribution is 0.0740. The highest BCUT2D eigenvalue weighted by molar-refractivity contribution is 5.93. The van der Waals surface area contributed by atoms with Gasteiger partial charge in [0.1, 0.15) is 5.69 Å². The minimum absolute atomic E-state index is 0.118. The summed E-state index contributed by atoms with van der Waals surface area (Å²) in [6.45, 7) is 1.84. The van der Waals surface area contributed by atoms with Crippen LogP contribution in [0.3, 0.4) is 0 Å². The molecule has 1 atom stereocenters. The Morgan fingerprint density at radius 3 is 3.00 bits per heavy atom. The van der Waals surface area contributed by atoms with E-state index in [9.17, 15) is 4.79 Å². The van der Waals surface area contributed by atoms with Crippen LogP contribution in [0, 0.1) is 11.3 Å². The quantitative estimate of drug-likeness (QED) is 0.854. The molecule has 1 rings (SSSR count). The van der Waals surface area contributed by atoms with Crippen LogP contribution in [0.2, 0.25) is 0 Å². The molecule has 5 nitrogen and oxygen atoms in total. The van der Waals surface area contributed by atoms with E-state index in [1.54, 1.807) is 32.4 Å². The third kappa shape index (κ3) is 3.18. The number of amides is 1. The average Bonchev–Trinajstić information content (AvgIpc) is 2.37. The van der Waals surface area contributed by atoms with E-state index in [2.05, 4.69) is 16.4 Å². The van der Waals surface area contributed by atoms with Crippen LogP contribution in [0.25, 0.3) is 0 Å². The Morgan fingerprint density at radius 2 is 2.41 bits per heavy atom. The first kappa shape index (κ1) is 13.0. The molecule has 1 N–H and O–H groups in total. The molecule has 0 aliphatic rings. The third-order valence-electron chi connectivity index (χ3n) is 2.64. The largest absolute Gasteiger partial charge is 0.388 e. The molecule has 0 bridgehead atoms. The molecule has 0 fully saturated rings. The van der Waals surface area contributed by atoms with Crippen molar-refractivity contribution in [3.8, 4) is 6.07 Å². The molecule has 0 radical (unpaired) electrons. The van der Waals surface area contributed by atoms with E-state index in [-0.39, 0.29) is 11.9 Å². The third-order valence-corrected chi connectivity index (χ3v) is 2.64. The maximum atomic E-state index is 12.1. The SMILES string of the molecule is CNc1ccnc(C(=O)N(C)C(C)CC#N)c1. The summed E-state index contributed by atoms with van der Waals surface area (Å²) < 4.78 is 0. The molecule has 1 heterocycles. The first-order valence-electron chi connectivity index (χ1n) is 5.38. The number of carbonyl (C=O) groups is 1. The van der Waals surface area contributed by atoms with Crippen molar-refractivity contribution in [1.29, 1.82) is 5.26 Å². The van der Waals surface area contributed by atoms with Crippen LogP contribution in [0.1, 0.15) is 23.8 Å². The minimum Gasteiger partial charge on any atom is -0.388 e. The molecular weight excluding hydrogens is 216 g/mol. The molecule has 0 spiro atoms. The lowest BCUT2D eigenvalue weighted by Crippen LogP contribution is -2.35. The van der Waals surface area contributed by atoms with E-state index >= 15 is 0 Å². The molecule has 0 aliphatic heterocycles. The Bertz CT molecular complexity index is 438. The molecule has 0 saturated heterocycles. The monoisotopic (exact) mass is 232 g/mol. The fraction of sp³-hybridized carbons (Fsp3) is 0.417. The van der Waals surface area contributed by atoms with Crippen LogP contribution in [0.15, 0.2) is 18.3 Å². The summed E-state index contributed by atoms with van der Waals surface area (Å²) in [7, 11) is 3.46. The lowest BCUT2D eigenvalue weighted by Gasteiger charge is -2.22. The van der Waals surface area contributed by atoms with Gasteiger partial charge in [-0.25, -0.2) is 0 Å². The van der Waals surface area contributed by atoms with E-state index in [1.807, 2.05) is 6.92 Å². The van der Waals surface area contributed by atoms with Crippen LogP contribution >= 0.6 is 0 Å². The van der Waals surface area contributed by atoms with Gasteiger partial charge in [0.25, 0.3) is 5.91 Å². The predicted molar refractivity (Wildman–Crippen MR) is 65.6 cm³/mol. The van der Waals surface area contributed by atoms with Crippen LogP contribution in [0.4, 0.5) is 5.69 Å². The van der Waals surface area contributed by atoms with Crippen molar-refractivity contribution in [1.82, 2.24) is 9.88 Å². The van der Waals surface area contributed by atoms with Crippen LogP contribution in [-0.2, 0) is 0 Å². The zero-order valence-corrected chi connectivity index (χ0v) is 10.3. The molecule has 1 amide bonds. The van der Waals surface area contributed by atoms with E-state index in [1.165, 1.54) is 4.90 Å². The number of pyridine rings is 1. The smallest absolute Gasteiger partial charge is 0.272 e. The Morgan fingerprint density at radius 1 is 1.71 bits per heavy atom. The normalized spacial score (nSPS) is 11.4. The number of anilines is 1. The number of rotatable bonds is 4. The van der Waals surface area contributed by atoms with Gasteiger partial charge in [0.2, 0.25) is 0 Å². The molecule has 0 aliphatic carbocycles. The summed E-state index contributed by atoms with van der Waals surface area (Å²) in [6.07, 6.45) is 1.90. The van der Waals surface area contributed by atoms with Gasteiger partial charge in [-0.05, 0) is 19.1 Å². The summed E-state index contributed by atoms with van der Waals surface area (Å²) in [6, 6.07) is 5.41. The van der Waals surface area contributed by atoms with Gasteiger partial charge < -0.3 is 10.2 Å². The minimum atomic E-state index is -0.176. The summed E-state index contributed by atoms with van der Waals surface area (Å²) in [4.78, 5) is 17.6. The Labute approximate surface area is 101 Å². The molecule has 1 aromatic heterocycles. The van der Waals surface area contributed by atoms with Crippen molar-refractivity contribution in [2.24, 2.45) is 0 Å². The molecule has 0 saturated carbocycles. The van der Waals surface area contributed by atoms with Crippen molar-refractivity contribution >= 4 is 11.6 Å². The van der Waals surface area contributed by atoms with E-state index in [0.29, 0.717) is 12.1 Å². The van der Waals surface area contributed by atoms with E-state index < -0.39 is 0 Å². The predicted octanol–water partition coefficient (Wildman–Crippen LogP) is 1.50. The summed E-state index contributed by atoms with van der Waals surface area (Å²) >= 11 is 0. The molecular formula is C12H16N4O. The zero-order chi connectivity index (χ0) is 12.8. The number of carbonyl (C=O) groups excluding carboxylic acids is 1. The van der Waals surface area contributed by atoms with Crippen molar-refractivity contribution < 1.29 is 4.79 Å². The molecule has 5 heteroatoms. The molecule has 90 valence electrons. The fourth-order valence-corrected chi connectivity index (χ4v) is 1.35. The molecule has 1 aromatic rings. The number of hydrogen-bond acceptors (Lipinski definition) is 4. The van der Waals surface area contributed by atoms with Gasteiger partial charge in [-0.1, -0.05) is 0 Å². The summed E-state index contributed by atoms with van der Waals surface area (Å²) in [5, 5.41) is 11.6. The Kier molecular flexibility index (Phi) is 4.46. The van der Waals surface area contributed by atoms with E-state index in [4.69, 9.17) is 5.26 Å². The van der Waals surface area contributed by atoms with Gasteiger partial charge in [0.05, 0.1) is 12.5 Å². The first-order chi connectivity index (χ1) is 8.10. The Hall–Kier alpha value is -2.09. The number of nitriles is 1. The standard InChI is InChI=1S/C12H16N4O/c1-9(4-6-13)16(3)12(17)11-8-10(14-2)5-7-15-11/h5,7-9H,4H2,1-3H3,(H,14,15). The average molecular weight is 232 g/mol. The van der Waals surface area contributed by atoms with E-state index in [0.717, 1.165) is 5.69 Å². The second-order valence-electron chi connectivity index (χ2n) is 3.81. The van der Waals surface area contributed by atoms with Gasteiger partial charge in [0, 0.05) is 32.0 Å². The molecule has 17 heavy (non-hydrogen) atoms. The van der Waals surface area contributed by atoms with Crippen molar-refractivity contribution in [3.63, 3.8) is 0 Å². The van der Waals surface area contributed by atoms with Gasteiger partial charge in [0.15, 0.2) is 0 Å². The highest BCUT2D eigenvalue weighted by Crippen LogP contribution is 2.11. The summed E-state index contributed by atoms with van der Waals surface area (Å²) in [5.41, 5.74) is 1.22. The number of aromatic nitrogens is 1. The van der Waals surface area contributed by atoms with Gasteiger partial charge in [-0.15, -0.1) is 0 Å². The second kappa shape index (κ2) is 5.85. The van der Waals surface area contributed by atoms with Crippen molar-refractivity contribution in [2.75, 3.05) is 19.4 Å². The van der Waals surface area contributed by atoms with Crippen LogP contribution in [0.5, 0.6) is 0 Å². The maximum absolute atomic E-state index is 12.1. The second-order valence-corrected chi connectivity index (χ2v) is 3.81. The first-order valence-corrected chi connectivity index (χ1v) is 5.38. The zero-order valence-electron chi connectivity index (χ0n) is 10.3. The van der Waals surface area contributed by atoms with Crippen LogP contribution in [-0.4, -0.2) is 35.9 Å². The van der Waals surface area contributed by atoms with Crippen molar-refractivity contribution in [3.05, 3.63) is 24.0 Å². The number of nitrogens with zero attached hydrogens (tertiary/aromatic N) is 3.